The van der Waals surface area contributed by atoms with Gasteiger partial charge in [0.2, 0.25) is 5.91 Å². The lowest BCUT2D eigenvalue weighted by Gasteiger charge is -2.19. The van der Waals surface area contributed by atoms with Crippen molar-refractivity contribution in [2.75, 3.05) is 13.1 Å². The molecule has 4 heteroatoms. The minimum Gasteiger partial charge on any atom is -0.342 e. The predicted octanol–water partition coefficient (Wildman–Crippen LogP) is 2.41. The van der Waals surface area contributed by atoms with Crippen molar-refractivity contribution in [1.82, 2.24) is 4.90 Å². The van der Waals surface area contributed by atoms with E-state index >= 15 is 0 Å². The summed E-state index contributed by atoms with van der Waals surface area (Å²) in [6.45, 7) is 3.94. The molecule has 0 spiro atoms. The van der Waals surface area contributed by atoms with Gasteiger partial charge in [-0.25, -0.2) is 0 Å². The number of aryl methyl sites for hydroxylation is 1. The number of halogens is 1. The highest BCUT2D eigenvalue weighted by Crippen LogP contribution is 2.37. The third-order valence-corrected chi connectivity index (χ3v) is 5.05. The molecule has 2 fully saturated rings. The van der Waals surface area contributed by atoms with Crippen molar-refractivity contribution in [1.29, 1.82) is 0 Å². The number of benzene rings is 1. The molecule has 3 atom stereocenters. The summed E-state index contributed by atoms with van der Waals surface area (Å²) >= 11 is 0. The first kappa shape index (κ1) is 16.3. The van der Waals surface area contributed by atoms with Crippen molar-refractivity contribution in [3.8, 4) is 0 Å². The van der Waals surface area contributed by atoms with Gasteiger partial charge in [-0.1, -0.05) is 31.2 Å². The van der Waals surface area contributed by atoms with Crippen molar-refractivity contribution in [3.05, 3.63) is 35.4 Å². The molecule has 2 aliphatic rings. The topological polar surface area (TPSA) is 46.3 Å². The number of carbonyl (C=O) groups is 1. The normalized spacial score (nSPS) is 27.3. The van der Waals surface area contributed by atoms with Crippen molar-refractivity contribution < 1.29 is 4.79 Å². The molecule has 1 amide bonds. The highest BCUT2D eigenvalue weighted by Gasteiger charge is 2.42. The van der Waals surface area contributed by atoms with Crippen molar-refractivity contribution in [2.24, 2.45) is 17.6 Å². The summed E-state index contributed by atoms with van der Waals surface area (Å²) < 4.78 is 0. The smallest absolute Gasteiger partial charge is 0.227 e. The van der Waals surface area contributed by atoms with Gasteiger partial charge >= 0.3 is 0 Å². The Morgan fingerprint density at radius 3 is 2.48 bits per heavy atom. The summed E-state index contributed by atoms with van der Waals surface area (Å²) in [6.07, 6.45) is 3.90. The molecule has 1 saturated carbocycles. The number of rotatable bonds is 3. The maximum Gasteiger partial charge on any atom is 0.227 e. The SMILES string of the molecule is CCc1ccc(CC(=O)N2CC3CCC(N)C3C2)cc1.Cl. The van der Waals surface area contributed by atoms with Crippen LogP contribution in [0, 0.1) is 11.8 Å². The third kappa shape index (κ3) is 3.41. The maximum atomic E-state index is 12.4. The van der Waals surface area contributed by atoms with E-state index in [1.54, 1.807) is 0 Å². The Bertz CT molecular complexity index is 488. The number of carbonyl (C=O) groups excluding carboxylic acids is 1. The second-order valence-electron chi connectivity index (χ2n) is 6.31. The van der Waals surface area contributed by atoms with Gasteiger partial charge < -0.3 is 10.6 Å². The van der Waals surface area contributed by atoms with Gasteiger partial charge in [-0.2, -0.15) is 0 Å². The standard InChI is InChI=1S/C17H24N2O.ClH/c1-2-12-3-5-13(6-4-12)9-17(20)19-10-14-7-8-16(18)15(14)11-19;/h3-6,14-16H,2,7-11,18H2,1H3;1H. The largest absolute Gasteiger partial charge is 0.342 e. The fraction of sp³-hybridized carbons (Fsp3) is 0.588. The van der Waals surface area contributed by atoms with Gasteiger partial charge in [0.05, 0.1) is 6.42 Å². The molecule has 3 unspecified atom stereocenters. The number of likely N-dealkylation sites (tertiary alicyclic amines) is 1. The highest BCUT2D eigenvalue weighted by molar-refractivity contribution is 5.85. The monoisotopic (exact) mass is 308 g/mol. The Balaban J connectivity index is 0.00000161. The van der Waals surface area contributed by atoms with E-state index in [2.05, 4.69) is 31.2 Å². The van der Waals surface area contributed by atoms with Crippen LogP contribution in [0.4, 0.5) is 0 Å². The Hall–Kier alpha value is -1.06. The lowest BCUT2D eigenvalue weighted by Crippen LogP contribution is -2.34. The first-order chi connectivity index (χ1) is 9.67. The van der Waals surface area contributed by atoms with Crippen LogP contribution in [0.3, 0.4) is 0 Å². The molecule has 116 valence electrons. The van der Waals surface area contributed by atoms with E-state index in [9.17, 15) is 4.79 Å². The molecule has 1 heterocycles. The van der Waals surface area contributed by atoms with Crippen LogP contribution in [0.2, 0.25) is 0 Å². The number of nitrogens with two attached hydrogens (primary N) is 1. The zero-order chi connectivity index (χ0) is 14.1. The van der Waals surface area contributed by atoms with Crippen molar-refractivity contribution >= 4 is 18.3 Å². The van der Waals surface area contributed by atoms with E-state index in [4.69, 9.17) is 5.73 Å². The van der Waals surface area contributed by atoms with Crippen LogP contribution in [-0.4, -0.2) is 29.9 Å². The Morgan fingerprint density at radius 1 is 1.19 bits per heavy atom. The molecular weight excluding hydrogens is 284 g/mol. The lowest BCUT2D eigenvalue weighted by atomic mass is 9.98. The second-order valence-corrected chi connectivity index (χ2v) is 6.31. The van der Waals surface area contributed by atoms with E-state index < -0.39 is 0 Å². The average Bonchev–Trinajstić information content (AvgIpc) is 3.02. The van der Waals surface area contributed by atoms with E-state index in [1.165, 1.54) is 12.0 Å². The van der Waals surface area contributed by atoms with E-state index in [0.717, 1.165) is 31.5 Å². The second kappa shape index (κ2) is 6.80. The quantitative estimate of drug-likeness (QED) is 0.932. The van der Waals surface area contributed by atoms with Crippen LogP contribution in [-0.2, 0) is 17.6 Å². The summed E-state index contributed by atoms with van der Waals surface area (Å²) in [5.41, 5.74) is 8.57. The Labute approximate surface area is 133 Å². The van der Waals surface area contributed by atoms with Gasteiger partial charge in [0.15, 0.2) is 0 Å². The molecule has 21 heavy (non-hydrogen) atoms. The fourth-order valence-corrected chi connectivity index (χ4v) is 3.69. The Kier molecular flexibility index (Phi) is 5.28. The summed E-state index contributed by atoms with van der Waals surface area (Å²) in [5, 5.41) is 0. The summed E-state index contributed by atoms with van der Waals surface area (Å²) in [4.78, 5) is 14.4. The first-order valence-corrected chi connectivity index (χ1v) is 7.78. The first-order valence-electron chi connectivity index (χ1n) is 7.78. The molecule has 1 aromatic carbocycles. The van der Waals surface area contributed by atoms with Gasteiger partial charge in [0, 0.05) is 19.1 Å². The van der Waals surface area contributed by atoms with Gasteiger partial charge in [-0.05, 0) is 42.2 Å². The molecule has 0 bridgehead atoms. The van der Waals surface area contributed by atoms with Crippen LogP contribution < -0.4 is 5.73 Å². The summed E-state index contributed by atoms with van der Waals surface area (Å²) in [5.74, 6) is 1.45. The zero-order valence-electron chi connectivity index (χ0n) is 12.6. The number of hydrogen-bond donors (Lipinski definition) is 1. The Morgan fingerprint density at radius 2 is 1.86 bits per heavy atom. The van der Waals surface area contributed by atoms with Crippen LogP contribution in [0.15, 0.2) is 24.3 Å². The average molecular weight is 309 g/mol. The molecular formula is C17H25ClN2O. The van der Waals surface area contributed by atoms with Crippen molar-refractivity contribution in [2.45, 2.75) is 38.6 Å². The molecule has 1 aliphatic heterocycles. The molecule has 3 nitrogen and oxygen atoms in total. The van der Waals surface area contributed by atoms with Crippen molar-refractivity contribution in [3.63, 3.8) is 0 Å². The molecule has 0 radical (unpaired) electrons. The van der Waals surface area contributed by atoms with E-state index in [1.807, 2.05) is 4.90 Å². The maximum absolute atomic E-state index is 12.4. The van der Waals surface area contributed by atoms with Crippen LogP contribution in [0.25, 0.3) is 0 Å². The van der Waals surface area contributed by atoms with Crippen LogP contribution >= 0.6 is 12.4 Å². The zero-order valence-corrected chi connectivity index (χ0v) is 13.4. The number of amides is 1. The number of fused-ring (bicyclic) bond motifs is 1. The van der Waals surface area contributed by atoms with Crippen LogP contribution in [0.1, 0.15) is 30.9 Å². The molecule has 1 aliphatic carbocycles. The highest BCUT2D eigenvalue weighted by atomic mass is 35.5. The van der Waals surface area contributed by atoms with Gasteiger partial charge in [0.1, 0.15) is 0 Å². The number of hydrogen-bond acceptors (Lipinski definition) is 2. The van der Waals surface area contributed by atoms with E-state index in [0.29, 0.717) is 24.3 Å². The molecule has 0 aromatic heterocycles. The fourth-order valence-electron chi connectivity index (χ4n) is 3.69. The van der Waals surface area contributed by atoms with Gasteiger partial charge in [0.25, 0.3) is 0 Å². The van der Waals surface area contributed by atoms with Gasteiger partial charge in [-0.3, -0.25) is 4.79 Å². The molecule has 3 rings (SSSR count). The molecule has 2 N–H and O–H groups in total. The predicted molar refractivity (Wildman–Crippen MR) is 87.5 cm³/mol. The minimum absolute atomic E-state index is 0. The van der Waals surface area contributed by atoms with E-state index in [-0.39, 0.29) is 18.3 Å². The summed E-state index contributed by atoms with van der Waals surface area (Å²) in [7, 11) is 0. The minimum atomic E-state index is 0. The lowest BCUT2D eigenvalue weighted by molar-refractivity contribution is -0.129. The summed E-state index contributed by atoms with van der Waals surface area (Å²) in [6, 6.07) is 8.72. The van der Waals surface area contributed by atoms with Gasteiger partial charge in [-0.15, -0.1) is 12.4 Å². The van der Waals surface area contributed by atoms with Crippen LogP contribution in [0.5, 0.6) is 0 Å². The molecule has 1 aromatic rings. The number of nitrogens with zero attached hydrogens (tertiary/aromatic N) is 1. The third-order valence-electron chi connectivity index (χ3n) is 5.05. The molecule has 1 saturated heterocycles.